The molecule has 0 aliphatic carbocycles. The summed E-state index contributed by atoms with van der Waals surface area (Å²) in [4.78, 5) is 14.6. The van der Waals surface area contributed by atoms with Crippen molar-refractivity contribution in [3.05, 3.63) is 0 Å². The van der Waals surface area contributed by atoms with Gasteiger partial charge in [-0.05, 0) is 64.5 Å². The molecule has 0 radical (unpaired) electrons. The Hall–Kier alpha value is -0.610. The Balaban J connectivity index is 1.83. The van der Waals surface area contributed by atoms with Gasteiger partial charge < -0.3 is 15.5 Å². The number of hydrogen-bond acceptors (Lipinski definition) is 3. The molecule has 0 aromatic rings. The summed E-state index contributed by atoms with van der Waals surface area (Å²) >= 11 is 0. The summed E-state index contributed by atoms with van der Waals surface area (Å²) < 4.78 is 0. The number of nitrogens with zero attached hydrogens (tertiary/aromatic N) is 1. The molecule has 4 heteroatoms. The van der Waals surface area contributed by atoms with E-state index in [9.17, 15) is 4.79 Å². The molecular weight excluding hydrogens is 250 g/mol. The van der Waals surface area contributed by atoms with Crippen LogP contribution in [0.4, 0.5) is 0 Å². The lowest BCUT2D eigenvalue weighted by Gasteiger charge is -2.37. The van der Waals surface area contributed by atoms with E-state index in [0.29, 0.717) is 12.0 Å². The molecule has 2 heterocycles. The first-order chi connectivity index (χ1) is 9.70. The summed E-state index contributed by atoms with van der Waals surface area (Å²) in [5, 5.41) is 6.62. The highest BCUT2D eigenvalue weighted by Gasteiger charge is 2.28. The van der Waals surface area contributed by atoms with Crippen molar-refractivity contribution in [3.8, 4) is 0 Å². The van der Waals surface area contributed by atoms with Crippen molar-refractivity contribution in [3.63, 3.8) is 0 Å². The van der Waals surface area contributed by atoms with E-state index in [-0.39, 0.29) is 11.9 Å². The van der Waals surface area contributed by atoms with Crippen LogP contribution in [0.1, 0.15) is 52.4 Å². The molecule has 2 rings (SSSR count). The predicted octanol–water partition coefficient (Wildman–Crippen LogP) is 1.76. The van der Waals surface area contributed by atoms with E-state index in [1.165, 1.54) is 38.9 Å². The van der Waals surface area contributed by atoms with Crippen molar-refractivity contribution in [2.75, 3.05) is 26.2 Å². The fourth-order valence-electron chi connectivity index (χ4n) is 3.57. The highest BCUT2D eigenvalue weighted by Crippen LogP contribution is 2.21. The number of likely N-dealkylation sites (tertiary alicyclic amines) is 1. The van der Waals surface area contributed by atoms with Crippen LogP contribution in [-0.4, -0.2) is 49.1 Å². The molecule has 0 spiro atoms. The average molecular weight is 281 g/mol. The molecule has 2 fully saturated rings. The first-order valence-corrected chi connectivity index (χ1v) is 8.46. The van der Waals surface area contributed by atoms with Gasteiger partial charge in [-0.25, -0.2) is 0 Å². The molecule has 3 unspecified atom stereocenters. The van der Waals surface area contributed by atoms with Crippen LogP contribution in [-0.2, 0) is 4.79 Å². The minimum absolute atomic E-state index is 0.0223. The predicted molar refractivity (Wildman–Crippen MR) is 82.7 cm³/mol. The second-order valence-electron chi connectivity index (χ2n) is 6.50. The van der Waals surface area contributed by atoms with Crippen molar-refractivity contribution >= 4 is 5.91 Å². The van der Waals surface area contributed by atoms with Gasteiger partial charge in [0.05, 0.1) is 6.04 Å². The van der Waals surface area contributed by atoms with E-state index in [2.05, 4.69) is 29.4 Å². The number of hydrogen-bond donors (Lipinski definition) is 2. The molecular formula is C16H31N3O. The van der Waals surface area contributed by atoms with Crippen LogP contribution in [0.25, 0.3) is 0 Å². The van der Waals surface area contributed by atoms with Crippen molar-refractivity contribution in [2.24, 2.45) is 5.92 Å². The van der Waals surface area contributed by atoms with Crippen LogP contribution >= 0.6 is 0 Å². The number of rotatable bonds is 5. The zero-order valence-electron chi connectivity index (χ0n) is 13.2. The lowest BCUT2D eigenvalue weighted by atomic mass is 9.90. The summed E-state index contributed by atoms with van der Waals surface area (Å²) in [5.41, 5.74) is 0. The Morgan fingerprint density at radius 1 is 1.35 bits per heavy atom. The second kappa shape index (κ2) is 7.99. The normalized spacial score (nSPS) is 30.6. The molecule has 0 bridgehead atoms. The van der Waals surface area contributed by atoms with Crippen molar-refractivity contribution < 1.29 is 4.79 Å². The fraction of sp³-hybridized carbons (Fsp3) is 0.938. The Morgan fingerprint density at radius 2 is 2.20 bits per heavy atom. The number of carbonyl (C=O) groups excluding carboxylic acids is 1. The van der Waals surface area contributed by atoms with Gasteiger partial charge >= 0.3 is 0 Å². The van der Waals surface area contributed by atoms with E-state index in [4.69, 9.17) is 0 Å². The van der Waals surface area contributed by atoms with Gasteiger partial charge in [0.1, 0.15) is 0 Å². The van der Waals surface area contributed by atoms with Gasteiger partial charge in [-0.2, -0.15) is 0 Å². The lowest BCUT2D eigenvalue weighted by molar-refractivity contribution is -0.123. The Labute approximate surface area is 123 Å². The molecule has 0 saturated carbocycles. The quantitative estimate of drug-likeness (QED) is 0.807. The van der Waals surface area contributed by atoms with Crippen LogP contribution < -0.4 is 10.6 Å². The van der Waals surface area contributed by atoms with Gasteiger partial charge in [-0.1, -0.05) is 6.92 Å². The fourth-order valence-corrected chi connectivity index (χ4v) is 3.57. The summed E-state index contributed by atoms with van der Waals surface area (Å²) in [6, 6.07) is 0.456. The molecule has 116 valence electrons. The molecule has 2 aliphatic rings. The zero-order chi connectivity index (χ0) is 14.4. The van der Waals surface area contributed by atoms with Crippen LogP contribution in [0.3, 0.4) is 0 Å². The highest BCUT2D eigenvalue weighted by atomic mass is 16.2. The Kier molecular flexibility index (Phi) is 6.30. The van der Waals surface area contributed by atoms with E-state index in [0.717, 1.165) is 25.8 Å². The molecule has 1 amide bonds. The van der Waals surface area contributed by atoms with E-state index in [1.54, 1.807) is 0 Å². The molecule has 3 atom stereocenters. The first kappa shape index (κ1) is 15.8. The first-order valence-electron chi connectivity index (χ1n) is 8.46. The number of carbonyl (C=O) groups is 1. The summed E-state index contributed by atoms with van der Waals surface area (Å²) in [6.45, 7) is 9.02. The van der Waals surface area contributed by atoms with Gasteiger partial charge in [0.25, 0.3) is 0 Å². The largest absolute Gasteiger partial charge is 0.355 e. The lowest BCUT2D eigenvalue weighted by Crippen LogP contribution is -2.51. The number of amides is 1. The summed E-state index contributed by atoms with van der Waals surface area (Å²) in [6.07, 6.45) is 7.08. The van der Waals surface area contributed by atoms with Crippen molar-refractivity contribution in [1.29, 1.82) is 0 Å². The zero-order valence-corrected chi connectivity index (χ0v) is 13.2. The smallest absolute Gasteiger partial charge is 0.237 e. The molecule has 4 nitrogen and oxygen atoms in total. The number of nitrogens with one attached hydrogen (secondary N) is 2. The molecule has 2 aliphatic heterocycles. The van der Waals surface area contributed by atoms with E-state index < -0.39 is 0 Å². The van der Waals surface area contributed by atoms with Crippen LogP contribution in [0.2, 0.25) is 0 Å². The van der Waals surface area contributed by atoms with E-state index >= 15 is 0 Å². The molecule has 0 aromatic heterocycles. The van der Waals surface area contributed by atoms with Gasteiger partial charge in [-0.3, -0.25) is 4.79 Å². The third kappa shape index (κ3) is 4.45. The van der Waals surface area contributed by atoms with Crippen LogP contribution in [0.15, 0.2) is 0 Å². The topological polar surface area (TPSA) is 44.4 Å². The minimum atomic E-state index is 0.0223. The molecule has 2 N–H and O–H groups in total. The second-order valence-corrected chi connectivity index (χ2v) is 6.50. The monoisotopic (exact) mass is 281 g/mol. The third-order valence-electron chi connectivity index (χ3n) is 4.79. The van der Waals surface area contributed by atoms with Crippen LogP contribution in [0, 0.1) is 5.92 Å². The van der Waals surface area contributed by atoms with Gasteiger partial charge in [0.2, 0.25) is 5.91 Å². The molecule has 2 saturated heterocycles. The average Bonchev–Trinajstić information content (AvgIpc) is 2.65. The maximum absolute atomic E-state index is 12.0. The molecule has 20 heavy (non-hydrogen) atoms. The Bertz CT molecular complexity index is 306. The van der Waals surface area contributed by atoms with Gasteiger partial charge in [0, 0.05) is 19.1 Å². The van der Waals surface area contributed by atoms with Crippen LogP contribution in [0.5, 0.6) is 0 Å². The SMILES string of the molecule is CCCN1CCCC(C(C)NC2CCCCNC2=O)C1. The summed E-state index contributed by atoms with van der Waals surface area (Å²) in [7, 11) is 0. The maximum atomic E-state index is 12.0. The van der Waals surface area contributed by atoms with Crippen molar-refractivity contribution in [1.82, 2.24) is 15.5 Å². The van der Waals surface area contributed by atoms with Crippen molar-refractivity contribution in [2.45, 2.75) is 64.5 Å². The maximum Gasteiger partial charge on any atom is 0.237 e. The highest BCUT2D eigenvalue weighted by molar-refractivity contribution is 5.81. The minimum Gasteiger partial charge on any atom is -0.355 e. The van der Waals surface area contributed by atoms with E-state index in [1.807, 2.05) is 0 Å². The van der Waals surface area contributed by atoms with Gasteiger partial charge in [0.15, 0.2) is 0 Å². The third-order valence-corrected chi connectivity index (χ3v) is 4.79. The Morgan fingerprint density at radius 3 is 3.00 bits per heavy atom. The molecule has 0 aromatic carbocycles. The number of piperidine rings is 1. The standard InChI is InChI=1S/C16H31N3O/c1-3-10-19-11-6-7-14(12-19)13(2)18-15-8-4-5-9-17-16(15)20/h13-15,18H,3-12H2,1-2H3,(H,17,20). The van der Waals surface area contributed by atoms with Gasteiger partial charge in [-0.15, -0.1) is 0 Å². The summed E-state index contributed by atoms with van der Waals surface area (Å²) in [5.74, 6) is 0.891.